The molecule has 0 unspecified atom stereocenters. The van der Waals surface area contributed by atoms with Crippen molar-refractivity contribution in [3.8, 4) is 0 Å². The Morgan fingerprint density at radius 1 is 1.17 bits per heavy atom. The fraction of sp³-hybridized carbons (Fsp3) is 0.190. The number of halogens is 1. The van der Waals surface area contributed by atoms with Crippen LogP contribution in [0.1, 0.15) is 5.56 Å². The number of β-lactam (4-membered cyclic amide) rings is 1. The van der Waals surface area contributed by atoms with Gasteiger partial charge in [0.05, 0.1) is 6.42 Å². The standard InChI is InChI=1S/C21H17ClN2O4S2/c22-13-6-8-14(9-7-13)30-15-11-29-20-17(19(26)24(20)18(15)21(27)28)23-16(25)10-12-4-2-1-3-5-12/h1-9,17,20H,10-11H2,(H,23,25)(H,27,28)/t17-,20+/m1/s1. The molecule has 2 aliphatic heterocycles. The highest BCUT2D eigenvalue weighted by Gasteiger charge is 2.54. The zero-order valence-corrected chi connectivity index (χ0v) is 18.0. The predicted octanol–water partition coefficient (Wildman–Crippen LogP) is 3.37. The number of carboxylic acids is 1. The summed E-state index contributed by atoms with van der Waals surface area (Å²) in [5, 5.41) is 12.7. The molecule has 0 aliphatic carbocycles. The molecule has 2 amide bonds. The van der Waals surface area contributed by atoms with E-state index in [9.17, 15) is 19.5 Å². The Balaban J connectivity index is 1.48. The van der Waals surface area contributed by atoms with Gasteiger partial charge in [-0.05, 0) is 29.8 Å². The molecule has 2 aromatic rings. The second kappa shape index (κ2) is 8.75. The summed E-state index contributed by atoms with van der Waals surface area (Å²) in [5.74, 6) is -1.38. The summed E-state index contributed by atoms with van der Waals surface area (Å²) in [6.45, 7) is 0. The predicted molar refractivity (Wildman–Crippen MR) is 117 cm³/mol. The molecule has 0 saturated carbocycles. The quantitative estimate of drug-likeness (QED) is 0.643. The van der Waals surface area contributed by atoms with E-state index in [1.54, 1.807) is 24.3 Å². The molecular weight excluding hydrogens is 444 g/mol. The largest absolute Gasteiger partial charge is 0.477 e. The average Bonchev–Trinajstić information content (AvgIpc) is 2.74. The zero-order valence-electron chi connectivity index (χ0n) is 15.6. The molecule has 1 fully saturated rings. The lowest BCUT2D eigenvalue weighted by atomic mass is 10.0. The SMILES string of the molecule is O=C(Cc1ccccc1)N[C@@H]1C(=O)N2C(C(=O)O)=C(Sc3ccc(Cl)cc3)CS[C@@H]12. The van der Waals surface area contributed by atoms with Gasteiger partial charge in [-0.25, -0.2) is 4.79 Å². The Labute approximate surface area is 186 Å². The fourth-order valence-corrected chi connectivity index (χ4v) is 5.92. The maximum atomic E-state index is 12.7. The highest BCUT2D eigenvalue weighted by atomic mass is 35.5. The summed E-state index contributed by atoms with van der Waals surface area (Å²) in [6, 6.07) is 15.6. The molecule has 2 aromatic carbocycles. The van der Waals surface area contributed by atoms with Crippen LogP contribution in [0.3, 0.4) is 0 Å². The van der Waals surface area contributed by atoms with Crippen molar-refractivity contribution in [2.45, 2.75) is 22.7 Å². The average molecular weight is 461 g/mol. The van der Waals surface area contributed by atoms with Crippen LogP contribution in [0.15, 0.2) is 70.1 Å². The lowest BCUT2D eigenvalue weighted by Gasteiger charge is -2.49. The van der Waals surface area contributed by atoms with Crippen molar-refractivity contribution in [2.75, 3.05) is 5.75 Å². The smallest absolute Gasteiger partial charge is 0.353 e. The first kappa shape index (κ1) is 20.8. The van der Waals surface area contributed by atoms with Gasteiger partial charge in [0, 0.05) is 20.6 Å². The molecule has 0 radical (unpaired) electrons. The summed E-state index contributed by atoms with van der Waals surface area (Å²) in [5.41, 5.74) is 0.833. The van der Waals surface area contributed by atoms with Crippen LogP contribution in [0.2, 0.25) is 5.02 Å². The first-order valence-corrected chi connectivity index (χ1v) is 11.4. The molecule has 9 heteroatoms. The molecule has 2 N–H and O–H groups in total. The number of hydrogen-bond donors (Lipinski definition) is 2. The maximum absolute atomic E-state index is 12.7. The molecule has 2 atom stereocenters. The van der Waals surface area contributed by atoms with Gasteiger partial charge in [-0.3, -0.25) is 14.5 Å². The summed E-state index contributed by atoms with van der Waals surface area (Å²) in [6.07, 6.45) is 0.168. The van der Waals surface area contributed by atoms with Crippen molar-refractivity contribution in [3.63, 3.8) is 0 Å². The number of carboxylic acid groups (broad SMARTS) is 1. The molecule has 6 nitrogen and oxygen atoms in total. The lowest BCUT2D eigenvalue weighted by molar-refractivity contribution is -0.150. The third-order valence-corrected chi connectivity index (χ3v) is 7.52. The summed E-state index contributed by atoms with van der Waals surface area (Å²) in [7, 11) is 0. The van der Waals surface area contributed by atoms with E-state index in [4.69, 9.17) is 11.6 Å². The van der Waals surface area contributed by atoms with Crippen LogP contribution >= 0.6 is 35.1 Å². The minimum atomic E-state index is -1.15. The Morgan fingerprint density at radius 3 is 2.53 bits per heavy atom. The molecule has 4 rings (SSSR count). The number of carbonyl (C=O) groups excluding carboxylic acids is 2. The number of nitrogens with one attached hydrogen (secondary N) is 1. The second-order valence-corrected chi connectivity index (χ2v) is 9.46. The van der Waals surface area contributed by atoms with E-state index in [-0.39, 0.29) is 18.0 Å². The van der Waals surface area contributed by atoms with Crippen LogP contribution in [0.4, 0.5) is 0 Å². The van der Waals surface area contributed by atoms with Gasteiger partial charge in [-0.15, -0.1) is 11.8 Å². The third-order valence-electron chi connectivity index (χ3n) is 4.71. The zero-order chi connectivity index (χ0) is 21.3. The maximum Gasteiger partial charge on any atom is 0.353 e. The molecule has 0 bridgehead atoms. The van der Waals surface area contributed by atoms with Crippen LogP contribution in [-0.4, -0.2) is 45.0 Å². The van der Waals surface area contributed by atoms with Gasteiger partial charge >= 0.3 is 5.97 Å². The van der Waals surface area contributed by atoms with Crippen molar-refractivity contribution in [2.24, 2.45) is 0 Å². The van der Waals surface area contributed by atoms with Gasteiger partial charge in [0.25, 0.3) is 5.91 Å². The number of thioether (sulfide) groups is 2. The van der Waals surface area contributed by atoms with Crippen LogP contribution in [-0.2, 0) is 20.8 Å². The van der Waals surface area contributed by atoms with Crippen molar-refractivity contribution < 1.29 is 19.5 Å². The number of rotatable bonds is 6. The van der Waals surface area contributed by atoms with Gasteiger partial charge in [-0.1, -0.05) is 53.7 Å². The van der Waals surface area contributed by atoms with Crippen LogP contribution in [0.5, 0.6) is 0 Å². The number of nitrogens with zero attached hydrogens (tertiary/aromatic N) is 1. The first-order valence-electron chi connectivity index (χ1n) is 9.12. The number of hydrogen-bond acceptors (Lipinski definition) is 5. The monoisotopic (exact) mass is 460 g/mol. The molecule has 0 aromatic heterocycles. The fourth-order valence-electron chi connectivity index (χ4n) is 3.32. The van der Waals surface area contributed by atoms with Crippen LogP contribution in [0, 0.1) is 0 Å². The summed E-state index contributed by atoms with van der Waals surface area (Å²) in [4.78, 5) is 39.7. The van der Waals surface area contributed by atoms with E-state index in [1.165, 1.54) is 28.4 Å². The number of amides is 2. The van der Waals surface area contributed by atoms with E-state index >= 15 is 0 Å². The molecule has 30 heavy (non-hydrogen) atoms. The molecule has 0 spiro atoms. The first-order chi connectivity index (χ1) is 14.4. The minimum absolute atomic E-state index is 0.0164. The summed E-state index contributed by atoms with van der Waals surface area (Å²) >= 11 is 8.66. The number of fused-ring (bicyclic) bond motifs is 1. The lowest BCUT2D eigenvalue weighted by Crippen LogP contribution is -2.70. The third kappa shape index (κ3) is 4.21. The van der Waals surface area contributed by atoms with E-state index in [0.29, 0.717) is 15.7 Å². The highest BCUT2D eigenvalue weighted by Crippen LogP contribution is 2.45. The van der Waals surface area contributed by atoms with Crippen molar-refractivity contribution in [1.29, 1.82) is 0 Å². The normalized spacial score (nSPS) is 20.4. The van der Waals surface area contributed by atoms with Gasteiger partial charge in [0.15, 0.2) is 0 Å². The molecule has 1 saturated heterocycles. The van der Waals surface area contributed by atoms with E-state index in [1.807, 2.05) is 30.3 Å². The summed E-state index contributed by atoms with van der Waals surface area (Å²) < 4.78 is 0. The Hall–Kier alpha value is -2.42. The minimum Gasteiger partial charge on any atom is -0.477 e. The van der Waals surface area contributed by atoms with E-state index < -0.39 is 23.3 Å². The number of benzene rings is 2. The van der Waals surface area contributed by atoms with Crippen LogP contribution in [0.25, 0.3) is 0 Å². The van der Waals surface area contributed by atoms with Gasteiger partial charge < -0.3 is 10.4 Å². The Kier molecular flexibility index (Phi) is 6.08. The van der Waals surface area contributed by atoms with Crippen LogP contribution < -0.4 is 5.32 Å². The molecule has 2 aliphatic rings. The number of aliphatic carboxylic acids is 1. The topological polar surface area (TPSA) is 86.7 Å². The van der Waals surface area contributed by atoms with E-state index in [2.05, 4.69) is 5.32 Å². The van der Waals surface area contributed by atoms with Crippen molar-refractivity contribution >= 4 is 52.9 Å². The Morgan fingerprint density at radius 2 is 1.87 bits per heavy atom. The van der Waals surface area contributed by atoms with Crippen molar-refractivity contribution in [3.05, 3.63) is 75.8 Å². The second-order valence-electron chi connectivity index (χ2n) is 6.75. The van der Waals surface area contributed by atoms with Gasteiger partial charge in [0.1, 0.15) is 17.1 Å². The Bertz CT molecular complexity index is 1030. The van der Waals surface area contributed by atoms with Crippen molar-refractivity contribution in [1.82, 2.24) is 10.2 Å². The van der Waals surface area contributed by atoms with E-state index in [0.717, 1.165) is 10.5 Å². The molecule has 2 heterocycles. The molecule has 154 valence electrons. The van der Waals surface area contributed by atoms with Gasteiger partial charge in [-0.2, -0.15) is 0 Å². The molecular formula is C21H17ClN2O4S2. The van der Waals surface area contributed by atoms with Gasteiger partial charge in [0.2, 0.25) is 5.91 Å². The number of carbonyl (C=O) groups is 3. The highest BCUT2D eigenvalue weighted by molar-refractivity contribution is 8.06.